The molecular weight excluding hydrogens is 472 g/mol. The molecule has 0 aliphatic carbocycles. The summed E-state index contributed by atoms with van der Waals surface area (Å²) in [4.78, 5) is 30.1. The van der Waals surface area contributed by atoms with E-state index in [9.17, 15) is 9.59 Å². The third-order valence-corrected chi connectivity index (χ3v) is 5.83. The number of carboxylic acids is 1. The van der Waals surface area contributed by atoms with Crippen LogP contribution in [-0.2, 0) is 4.79 Å². The van der Waals surface area contributed by atoms with Gasteiger partial charge >= 0.3 is 5.97 Å². The van der Waals surface area contributed by atoms with Crippen molar-refractivity contribution >= 4 is 56.5 Å². The lowest BCUT2D eigenvalue weighted by atomic mass is 10.2. The standard InChI is InChI=1S/C21H19BrN2O5S/c1-4-29-18-15(22)9-12(10-16(18)28-3)11-17-19(25)24(2)21(30-17)23-14-7-5-13(6-8-14)20(26)27/h5-11H,4H2,1-3H3,(H,26,27)/b17-11-,23-21?. The molecule has 0 atom stereocenters. The fourth-order valence-corrected chi connectivity index (χ4v) is 4.26. The Balaban J connectivity index is 1.89. The number of aromatic carboxylic acids is 1. The Morgan fingerprint density at radius 1 is 1.30 bits per heavy atom. The highest BCUT2D eigenvalue weighted by Gasteiger charge is 2.30. The first kappa shape index (κ1) is 21.9. The maximum atomic E-state index is 12.7. The fourth-order valence-electron chi connectivity index (χ4n) is 2.70. The highest BCUT2D eigenvalue weighted by atomic mass is 79.9. The Morgan fingerprint density at radius 2 is 2.00 bits per heavy atom. The number of thioether (sulfide) groups is 1. The van der Waals surface area contributed by atoms with Crippen LogP contribution in [0.1, 0.15) is 22.8 Å². The lowest BCUT2D eigenvalue weighted by Gasteiger charge is -2.12. The Morgan fingerprint density at radius 3 is 2.60 bits per heavy atom. The number of benzene rings is 2. The SMILES string of the molecule is CCOc1c(Br)cc(/C=C2\SC(=Nc3ccc(C(=O)O)cc3)N(C)C2=O)cc1OC. The van der Waals surface area contributed by atoms with Crippen molar-refractivity contribution in [2.45, 2.75) is 6.92 Å². The van der Waals surface area contributed by atoms with E-state index < -0.39 is 5.97 Å². The topological polar surface area (TPSA) is 88.4 Å². The van der Waals surface area contributed by atoms with Gasteiger partial charge in [-0.1, -0.05) is 0 Å². The van der Waals surface area contributed by atoms with E-state index in [-0.39, 0.29) is 11.5 Å². The number of carboxylic acid groups (broad SMARTS) is 1. The average Bonchev–Trinajstić information content (AvgIpc) is 2.98. The number of halogens is 1. The minimum Gasteiger partial charge on any atom is -0.493 e. The molecule has 1 heterocycles. The van der Waals surface area contributed by atoms with Gasteiger partial charge in [-0.25, -0.2) is 9.79 Å². The monoisotopic (exact) mass is 490 g/mol. The normalized spacial score (nSPS) is 16.4. The summed E-state index contributed by atoms with van der Waals surface area (Å²) in [6.45, 7) is 2.39. The van der Waals surface area contributed by atoms with Gasteiger partial charge in [-0.05, 0) is 82.7 Å². The third-order valence-electron chi connectivity index (χ3n) is 4.18. The first-order valence-electron chi connectivity index (χ1n) is 8.94. The lowest BCUT2D eigenvalue weighted by Crippen LogP contribution is -2.23. The van der Waals surface area contributed by atoms with E-state index in [0.717, 1.165) is 10.0 Å². The van der Waals surface area contributed by atoms with Crippen molar-refractivity contribution in [1.29, 1.82) is 0 Å². The Hall–Kier alpha value is -2.78. The van der Waals surface area contributed by atoms with Crippen molar-refractivity contribution < 1.29 is 24.2 Å². The van der Waals surface area contributed by atoms with Gasteiger partial charge in [-0.2, -0.15) is 0 Å². The largest absolute Gasteiger partial charge is 0.493 e. The molecule has 9 heteroatoms. The molecule has 1 aliphatic rings. The number of ether oxygens (including phenoxy) is 2. The van der Waals surface area contributed by atoms with Crippen molar-refractivity contribution in [1.82, 2.24) is 4.90 Å². The summed E-state index contributed by atoms with van der Waals surface area (Å²) in [6.07, 6.45) is 1.77. The Kier molecular flexibility index (Phi) is 6.84. The summed E-state index contributed by atoms with van der Waals surface area (Å²) in [5.41, 5.74) is 1.52. The fraction of sp³-hybridized carbons (Fsp3) is 0.190. The second kappa shape index (κ2) is 9.36. The molecule has 1 N–H and O–H groups in total. The van der Waals surface area contributed by atoms with Crippen molar-refractivity contribution in [2.24, 2.45) is 4.99 Å². The van der Waals surface area contributed by atoms with Crippen LogP contribution in [0.25, 0.3) is 6.08 Å². The minimum atomic E-state index is -1.00. The van der Waals surface area contributed by atoms with E-state index in [0.29, 0.717) is 33.9 Å². The summed E-state index contributed by atoms with van der Waals surface area (Å²) in [5.74, 6) is -0.00482. The minimum absolute atomic E-state index is 0.176. The molecule has 1 fully saturated rings. The van der Waals surface area contributed by atoms with Crippen molar-refractivity contribution in [2.75, 3.05) is 20.8 Å². The first-order valence-corrected chi connectivity index (χ1v) is 10.5. The number of carbonyl (C=O) groups excluding carboxylic acids is 1. The summed E-state index contributed by atoms with van der Waals surface area (Å²) in [7, 11) is 3.21. The third kappa shape index (κ3) is 4.68. The zero-order chi connectivity index (χ0) is 21.8. The van der Waals surface area contributed by atoms with E-state index in [2.05, 4.69) is 20.9 Å². The number of methoxy groups -OCH3 is 1. The molecule has 0 unspecified atom stereocenters. The number of likely N-dealkylation sites (N-methyl/N-ethyl adjacent to an activating group) is 1. The van der Waals surface area contributed by atoms with Gasteiger partial charge in [-0.15, -0.1) is 0 Å². The maximum Gasteiger partial charge on any atom is 0.335 e. The van der Waals surface area contributed by atoms with Crippen LogP contribution < -0.4 is 9.47 Å². The van der Waals surface area contributed by atoms with Crippen LogP contribution in [0.5, 0.6) is 11.5 Å². The molecule has 1 saturated heterocycles. The molecule has 0 saturated carbocycles. The van der Waals surface area contributed by atoms with Crippen LogP contribution >= 0.6 is 27.7 Å². The lowest BCUT2D eigenvalue weighted by molar-refractivity contribution is -0.121. The van der Waals surface area contributed by atoms with E-state index >= 15 is 0 Å². The van der Waals surface area contributed by atoms with Gasteiger partial charge in [-0.3, -0.25) is 9.69 Å². The van der Waals surface area contributed by atoms with Gasteiger partial charge in [0.05, 0.1) is 34.3 Å². The van der Waals surface area contributed by atoms with Crippen molar-refractivity contribution in [3.05, 3.63) is 56.9 Å². The number of carbonyl (C=O) groups is 2. The predicted octanol–water partition coefficient (Wildman–Crippen LogP) is 4.79. The number of hydrogen-bond acceptors (Lipinski definition) is 6. The van der Waals surface area contributed by atoms with Crippen molar-refractivity contribution in [3.8, 4) is 11.5 Å². The van der Waals surface area contributed by atoms with Crippen molar-refractivity contribution in [3.63, 3.8) is 0 Å². The van der Waals surface area contributed by atoms with Gasteiger partial charge in [0.15, 0.2) is 16.7 Å². The molecule has 0 spiro atoms. The number of nitrogens with zero attached hydrogens (tertiary/aromatic N) is 2. The molecule has 2 aromatic rings. The zero-order valence-corrected chi connectivity index (χ0v) is 18.9. The number of amidine groups is 1. The highest BCUT2D eigenvalue weighted by molar-refractivity contribution is 9.10. The average molecular weight is 491 g/mol. The first-order chi connectivity index (χ1) is 14.3. The van der Waals surface area contributed by atoms with Crippen LogP contribution in [0.4, 0.5) is 5.69 Å². The molecule has 1 aliphatic heterocycles. The Labute approximate surface area is 186 Å². The van der Waals surface area contributed by atoms with E-state index in [4.69, 9.17) is 14.6 Å². The van der Waals surface area contributed by atoms with Crippen LogP contribution in [0.3, 0.4) is 0 Å². The van der Waals surface area contributed by atoms with Crippen LogP contribution in [-0.4, -0.2) is 47.8 Å². The van der Waals surface area contributed by atoms with Gasteiger partial charge < -0.3 is 14.6 Å². The molecule has 0 aromatic heterocycles. The molecule has 156 valence electrons. The second-order valence-corrected chi connectivity index (χ2v) is 8.05. The molecule has 2 aromatic carbocycles. The molecule has 30 heavy (non-hydrogen) atoms. The quantitative estimate of drug-likeness (QED) is 0.585. The molecule has 1 amide bonds. The van der Waals surface area contributed by atoms with Gasteiger partial charge in [0, 0.05) is 7.05 Å². The van der Waals surface area contributed by atoms with E-state index in [1.54, 1.807) is 38.4 Å². The number of amides is 1. The summed E-state index contributed by atoms with van der Waals surface area (Å²) < 4.78 is 11.7. The van der Waals surface area contributed by atoms with Crippen LogP contribution in [0, 0.1) is 0 Å². The second-order valence-electron chi connectivity index (χ2n) is 6.19. The van der Waals surface area contributed by atoms with E-state index in [1.807, 2.05) is 13.0 Å². The number of rotatable bonds is 6. The van der Waals surface area contributed by atoms with E-state index in [1.165, 1.54) is 28.8 Å². The molecule has 3 rings (SSSR count). The molecule has 0 radical (unpaired) electrons. The van der Waals surface area contributed by atoms with Crippen LogP contribution in [0.15, 0.2) is 50.8 Å². The molecular formula is C21H19BrN2O5S. The summed E-state index contributed by atoms with van der Waals surface area (Å²) in [5, 5.41) is 9.50. The Bertz CT molecular complexity index is 1050. The smallest absolute Gasteiger partial charge is 0.335 e. The predicted molar refractivity (Wildman–Crippen MR) is 121 cm³/mol. The van der Waals surface area contributed by atoms with Crippen LogP contribution in [0.2, 0.25) is 0 Å². The zero-order valence-electron chi connectivity index (χ0n) is 16.5. The summed E-state index contributed by atoms with van der Waals surface area (Å²) in [6, 6.07) is 9.81. The molecule has 7 nitrogen and oxygen atoms in total. The number of aliphatic imine (C=N–C) groups is 1. The van der Waals surface area contributed by atoms with Gasteiger partial charge in [0.2, 0.25) is 0 Å². The maximum absolute atomic E-state index is 12.7. The van der Waals surface area contributed by atoms with Gasteiger partial charge in [0.1, 0.15) is 0 Å². The molecule has 0 bridgehead atoms. The number of hydrogen-bond donors (Lipinski definition) is 1. The summed E-state index contributed by atoms with van der Waals surface area (Å²) >= 11 is 4.73. The van der Waals surface area contributed by atoms with Gasteiger partial charge in [0.25, 0.3) is 5.91 Å². The highest BCUT2D eigenvalue weighted by Crippen LogP contribution is 2.39.